The number of anilines is 1. The molecule has 3 fully saturated rings. The van der Waals surface area contributed by atoms with E-state index in [0.717, 1.165) is 37.5 Å². The average molecular weight is 402 g/mol. The molecule has 7 nitrogen and oxygen atoms in total. The summed E-state index contributed by atoms with van der Waals surface area (Å²) in [6, 6.07) is 7.49. The zero-order valence-corrected chi connectivity index (χ0v) is 17.1. The van der Waals surface area contributed by atoms with Crippen LogP contribution in [0.1, 0.15) is 26.2 Å². The van der Waals surface area contributed by atoms with Crippen LogP contribution in [0, 0.1) is 11.3 Å². The predicted molar refractivity (Wildman–Crippen MR) is 108 cm³/mol. The lowest BCUT2D eigenvalue weighted by atomic mass is 9.80. The number of carbonyl (C=O) groups is 2. The van der Waals surface area contributed by atoms with Crippen LogP contribution in [0.4, 0.5) is 5.69 Å². The van der Waals surface area contributed by atoms with Crippen LogP contribution in [0.5, 0.6) is 5.75 Å². The van der Waals surface area contributed by atoms with Crippen LogP contribution in [0.2, 0.25) is 0 Å². The van der Waals surface area contributed by atoms with Gasteiger partial charge in [-0.1, -0.05) is 0 Å². The molecule has 2 amide bonds. The van der Waals surface area contributed by atoms with E-state index in [1.165, 1.54) is 0 Å². The summed E-state index contributed by atoms with van der Waals surface area (Å²) in [6.07, 6.45) is 2.09. The monoisotopic (exact) mass is 402 g/mol. The first-order valence-corrected chi connectivity index (χ1v) is 10.6. The van der Waals surface area contributed by atoms with Crippen LogP contribution in [-0.4, -0.2) is 69.4 Å². The molecule has 3 saturated heterocycles. The molecule has 1 aromatic carbocycles. The third-order valence-electron chi connectivity index (χ3n) is 6.24. The van der Waals surface area contributed by atoms with Gasteiger partial charge in [0.2, 0.25) is 11.8 Å². The number of amides is 2. The van der Waals surface area contributed by atoms with Gasteiger partial charge in [0.05, 0.1) is 25.7 Å². The molecule has 7 heteroatoms. The van der Waals surface area contributed by atoms with E-state index in [-0.39, 0.29) is 29.6 Å². The smallest absolute Gasteiger partial charge is 0.228 e. The molecule has 0 bridgehead atoms. The third-order valence-corrected chi connectivity index (χ3v) is 6.24. The largest absolute Gasteiger partial charge is 0.494 e. The summed E-state index contributed by atoms with van der Waals surface area (Å²) < 4.78 is 16.8. The molecule has 0 radical (unpaired) electrons. The second-order valence-corrected chi connectivity index (χ2v) is 8.26. The van der Waals surface area contributed by atoms with Gasteiger partial charge in [-0.2, -0.15) is 0 Å². The normalized spacial score (nSPS) is 24.6. The molecule has 4 rings (SSSR count). The van der Waals surface area contributed by atoms with Gasteiger partial charge < -0.3 is 24.0 Å². The van der Waals surface area contributed by atoms with Crippen molar-refractivity contribution in [1.82, 2.24) is 4.90 Å². The van der Waals surface area contributed by atoms with Gasteiger partial charge in [0, 0.05) is 50.4 Å². The van der Waals surface area contributed by atoms with Crippen molar-refractivity contribution in [3.8, 4) is 5.75 Å². The minimum absolute atomic E-state index is 0.000591. The fourth-order valence-corrected chi connectivity index (χ4v) is 4.56. The number of nitrogens with zero attached hydrogens (tertiary/aromatic N) is 2. The first-order chi connectivity index (χ1) is 14.1. The van der Waals surface area contributed by atoms with Crippen LogP contribution in [-0.2, 0) is 19.1 Å². The summed E-state index contributed by atoms with van der Waals surface area (Å²) in [4.78, 5) is 29.6. The van der Waals surface area contributed by atoms with Crippen molar-refractivity contribution in [3.63, 3.8) is 0 Å². The summed E-state index contributed by atoms with van der Waals surface area (Å²) in [5.41, 5.74) is 0.802. The number of ether oxygens (including phenoxy) is 3. The molecule has 3 aliphatic heterocycles. The van der Waals surface area contributed by atoms with Gasteiger partial charge in [0.1, 0.15) is 5.75 Å². The molecule has 0 aromatic heterocycles. The molecule has 0 N–H and O–H groups in total. The Hall–Kier alpha value is -2.12. The average Bonchev–Trinajstić information content (AvgIpc) is 3.01. The zero-order valence-electron chi connectivity index (χ0n) is 17.1. The van der Waals surface area contributed by atoms with Crippen molar-refractivity contribution in [2.45, 2.75) is 26.2 Å². The summed E-state index contributed by atoms with van der Waals surface area (Å²) in [7, 11) is 0. The van der Waals surface area contributed by atoms with E-state index in [1.54, 1.807) is 4.90 Å². The van der Waals surface area contributed by atoms with E-state index < -0.39 is 0 Å². The van der Waals surface area contributed by atoms with Crippen LogP contribution in [0.25, 0.3) is 0 Å². The predicted octanol–water partition coefficient (Wildman–Crippen LogP) is 2.09. The molecule has 3 heterocycles. The molecular weight excluding hydrogens is 372 g/mol. The molecule has 3 aliphatic rings. The van der Waals surface area contributed by atoms with Crippen LogP contribution < -0.4 is 9.64 Å². The van der Waals surface area contributed by atoms with Gasteiger partial charge in [-0.05, 0) is 44.0 Å². The highest BCUT2D eigenvalue weighted by atomic mass is 16.5. The second-order valence-electron chi connectivity index (χ2n) is 8.26. The molecule has 1 spiro atoms. The first kappa shape index (κ1) is 20.2. The fourth-order valence-electron chi connectivity index (χ4n) is 4.56. The molecule has 0 aliphatic carbocycles. The van der Waals surface area contributed by atoms with Gasteiger partial charge in [0.15, 0.2) is 0 Å². The number of hydrogen-bond acceptors (Lipinski definition) is 5. The van der Waals surface area contributed by atoms with E-state index in [2.05, 4.69) is 0 Å². The van der Waals surface area contributed by atoms with E-state index in [1.807, 2.05) is 36.1 Å². The van der Waals surface area contributed by atoms with Crippen LogP contribution in [0.3, 0.4) is 0 Å². The van der Waals surface area contributed by atoms with Crippen LogP contribution >= 0.6 is 0 Å². The second kappa shape index (κ2) is 8.71. The van der Waals surface area contributed by atoms with E-state index in [9.17, 15) is 9.59 Å². The summed E-state index contributed by atoms with van der Waals surface area (Å²) in [6.45, 7) is 6.94. The van der Waals surface area contributed by atoms with Crippen molar-refractivity contribution in [3.05, 3.63) is 24.3 Å². The van der Waals surface area contributed by atoms with Crippen molar-refractivity contribution >= 4 is 17.5 Å². The number of carbonyl (C=O) groups excluding carboxylic acids is 2. The van der Waals surface area contributed by atoms with E-state index in [0.29, 0.717) is 39.5 Å². The Bertz CT molecular complexity index is 729. The highest BCUT2D eigenvalue weighted by Gasteiger charge is 2.42. The Labute approximate surface area is 171 Å². The Balaban J connectivity index is 1.43. The van der Waals surface area contributed by atoms with Crippen molar-refractivity contribution in [2.75, 3.05) is 57.6 Å². The molecule has 158 valence electrons. The summed E-state index contributed by atoms with van der Waals surface area (Å²) in [5.74, 6) is 0.549. The lowest BCUT2D eigenvalue weighted by Crippen LogP contribution is -2.46. The summed E-state index contributed by atoms with van der Waals surface area (Å²) >= 11 is 0. The third kappa shape index (κ3) is 4.41. The number of hydrogen-bond donors (Lipinski definition) is 0. The molecule has 1 unspecified atom stereocenters. The number of rotatable bonds is 4. The van der Waals surface area contributed by atoms with Crippen molar-refractivity contribution in [2.24, 2.45) is 11.3 Å². The first-order valence-electron chi connectivity index (χ1n) is 10.6. The van der Waals surface area contributed by atoms with Crippen LogP contribution in [0.15, 0.2) is 24.3 Å². The highest BCUT2D eigenvalue weighted by molar-refractivity contribution is 6.00. The molecule has 29 heavy (non-hydrogen) atoms. The minimum Gasteiger partial charge on any atom is -0.494 e. The molecule has 1 aromatic rings. The van der Waals surface area contributed by atoms with Gasteiger partial charge >= 0.3 is 0 Å². The van der Waals surface area contributed by atoms with Crippen molar-refractivity contribution in [1.29, 1.82) is 0 Å². The maximum atomic E-state index is 13.3. The van der Waals surface area contributed by atoms with Crippen molar-refractivity contribution < 1.29 is 23.8 Å². The topological polar surface area (TPSA) is 68.3 Å². The molecule has 1 atom stereocenters. The maximum Gasteiger partial charge on any atom is 0.228 e. The Morgan fingerprint density at radius 3 is 2.66 bits per heavy atom. The zero-order chi connectivity index (χ0) is 20.3. The maximum absolute atomic E-state index is 13.3. The fraction of sp³-hybridized carbons (Fsp3) is 0.636. The van der Waals surface area contributed by atoms with Gasteiger partial charge in [-0.15, -0.1) is 0 Å². The Morgan fingerprint density at radius 1 is 1.17 bits per heavy atom. The lowest BCUT2D eigenvalue weighted by Gasteiger charge is -2.38. The SMILES string of the molecule is CCOc1ccc(N2CC(C(=O)N3CCOCC4(CCOCC4)C3)CC2=O)cc1. The van der Waals surface area contributed by atoms with Gasteiger partial charge in [-0.3, -0.25) is 9.59 Å². The quantitative estimate of drug-likeness (QED) is 0.772. The standard InChI is InChI=1S/C22H30N2O5/c1-2-29-19-5-3-18(4-6-19)24-14-17(13-20(24)25)21(26)23-9-12-28-16-22(15-23)7-10-27-11-8-22/h3-6,17H,2,7-16H2,1H3. The minimum atomic E-state index is -0.302. The van der Waals surface area contributed by atoms with E-state index >= 15 is 0 Å². The van der Waals surface area contributed by atoms with E-state index in [4.69, 9.17) is 14.2 Å². The highest BCUT2D eigenvalue weighted by Crippen LogP contribution is 2.35. The Morgan fingerprint density at radius 2 is 1.93 bits per heavy atom. The molecule has 0 saturated carbocycles. The Kier molecular flexibility index (Phi) is 6.06. The molecular formula is C22H30N2O5. The summed E-state index contributed by atoms with van der Waals surface area (Å²) in [5, 5.41) is 0. The van der Waals surface area contributed by atoms with Gasteiger partial charge in [0.25, 0.3) is 0 Å². The lowest BCUT2D eigenvalue weighted by molar-refractivity contribution is -0.137. The van der Waals surface area contributed by atoms with Gasteiger partial charge in [-0.25, -0.2) is 0 Å². The number of benzene rings is 1.